The lowest BCUT2D eigenvalue weighted by atomic mass is 10.3. The molecule has 0 aliphatic rings. The Morgan fingerprint density at radius 1 is 1.38 bits per heavy atom. The molecule has 72 valence electrons. The van der Waals surface area contributed by atoms with Gasteiger partial charge in [-0.2, -0.15) is 0 Å². The van der Waals surface area contributed by atoms with Gasteiger partial charge in [0.2, 0.25) is 0 Å². The van der Waals surface area contributed by atoms with Crippen LogP contribution in [-0.4, -0.2) is 5.11 Å². The summed E-state index contributed by atoms with van der Waals surface area (Å²) < 4.78 is 0. The smallest absolute Gasteiger partial charge is 0.138 e. The fraction of sp³-hybridized carbons (Fsp3) is 0.273. The molecule has 0 radical (unpaired) electrons. The van der Waals surface area contributed by atoms with E-state index in [1.165, 1.54) is 0 Å². The first-order valence-corrected chi connectivity index (χ1v) is 4.24. The van der Waals surface area contributed by atoms with Crippen LogP contribution < -0.4 is 5.32 Å². The van der Waals surface area contributed by atoms with Crippen molar-refractivity contribution in [3.63, 3.8) is 0 Å². The summed E-state index contributed by atoms with van der Waals surface area (Å²) in [6, 6.07) is 0. The van der Waals surface area contributed by atoms with Gasteiger partial charge in [-0.3, -0.25) is 0 Å². The molecule has 0 rings (SSSR count). The molecule has 2 heteroatoms. The first-order chi connectivity index (χ1) is 6.15. The number of hydrogen-bond acceptors (Lipinski definition) is 2. The number of allylic oxidation sites excluding steroid dienone is 5. The molecule has 0 fully saturated rings. The molecule has 0 saturated carbocycles. The fourth-order valence-electron chi connectivity index (χ4n) is 0.752. The highest BCUT2D eigenvalue weighted by Gasteiger charge is 1.97. The molecule has 0 aromatic heterocycles. The lowest BCUT2D eigenvalue weighted by Gasteiger charge is -2.07. The Morgan fingerprint density at radius 3 is 2.38 bits per heavy atom. The Hall–Kier alpha value is -1.44. The summed E-state index contributed by atoms with van der Waals surface area (Å²) in [6.07, 6.45) is 6.90. The van der Waals surface area contributed by atoms with Crippen LogP contribution in [0, 0.1) is 0 Å². The van der Waals surface area contributed by atoms with E-state index in [0.717, 1.165) is 5.70 Å². The zero-order valence-electron chi connectivity index (χ0n) is 8.46. The van der Waals surface area contributed by atoms with Crippen LogP contribution >= 0.6 is 0 Å². The van der Waals surface area contributed by atoms with Crippen LogP contribution in [0.1, 0.15) is 20.8 Å². The van der Waals surface area contributed by atoms with Crippen molar-refractivity contribution in [2.24, 2.45) is 0 Å². The van der Waals surface area contributed by atoms with E-state index in [2.05, 4.69) is 11.9 Å². The molecular weight excluding hydrogens is 162 g/mol. The van der Waals surface area contributed by atoms with Crippen LogP contribution in [0.15, 0.2) is 48.0 Å². The molecule has 0 aromatic carbocycles. The quantitative estimate of drug-likeness (QED) is 0.513. The van der Waals surface area contributed by atoms with Crippen LogP contribution in [0.3, 0.4) is 0 Å². The van der Waals surface area contributed by atoms with Gasteiger partial charge in [0.15, 0.2) is 0 Å². The fourth-order valence-corrected chi connectivity index (χ4v) is 0.752. The predicted molar refractivity (Wildman–Crippen MR) is 57.2 cm³/mol. The minimum absolute atomic E-state index is 0.193. The van der Waals surface area contributed by atoms with Crippen LogP contribution in [0.4, 0.5) is 0 Å². The SMILES string of the molecule is C=C/C(N/C(C)=C/C)=C(O)\C=C/C. The molecule has 2 nitrogen and oxygen atoms in total. The molecule has 0 amide bonds. The highest BCUT2D eigenvalue weighted by molar-refractivity contribution is 5.28. The molecule has 2 N–H and O–H groups in total. The molecule has 0 unspecified atom stereocenters. The van der Waals surface area contributed by atoms with Gasteiger partial charge in [0.1, 0.15) is 5.76 Å². The molecule has 0 aromatic rings. The van der Waals surface area contributed by atoms with Crippen molar-refractivity contribution in [1.82, 2.24) is 5.32 Å². The molecule has 0 atom stereocenters. The van der Waals surface area contributed by atoms with Crippen molar-refractivity contribution in [3.05, 3.63) is 48.0 Å². The summed E-state index contributed by atoms with van der Waals surface area (Å²) in [5.74, 6) is 0.193. The van der Waals surface area contributed by atoms with Crippen molar-refractivity contribution in [2.45, 2.75) is 20.8 Å². The second-order valence-electron chi connectivity index (χ2n) is 2.60. The molecular formula is C11H17NO. The second kappa shape index (κ2) is 6.12. The van der Waals surface area contributed by atoms with Gasteiger partial charge in [-0.05, 0) is 32.9 Å². The lowest BCUT2D eigenvalue weighted by molar-refractivity contribution is 0.423. The molecule has 0 heterocycles. The Morgan fingerprint density at radius 2 is 2.00 bits per heavy atom. The minimum Gasteiger partial charge on any atom is -0.506 e. The zero-order chi connectivity index (χ0) is 10.3. The number of nitrogens with one attached hydrogen (secondary N) is 1. The van der Waals surface area contributed by atoms with Gasteiger partial charge in [-0.25, -0.2) is 0 Å². The van der Waals surface area contributed by atoms with E-state index in [1.807, 2.05) is 26.8 Å². The Kier molecular flexibility index (Phi) is 5.44. The highest BCUT2D eigenvalue weighted by Crippen LogP contribution is 2.03. The van der Waals surface area contributed by atoms with E-state index in [1.54, 1.807) is 18.2 Å². The largest absolute Gasteiger partial charge is 0.506 e. The first kappa shape index (κ1) is 11.6. The number of rotatable bonds is 4. The summed E-state index contributed by atoms with van der Waals surface area (Å²) >= 11 is 0. The van der Waals surface area contributed by atoms with Crippen LogP contribution in [0.25, 0.3) is 0 Å². The van der Waals surface area contributed by atoms with E-state index in [-0.39, 0.29) is 5.76 Å². The normalized spacial score (nSPS) is 14.2. The van der Waals surface area contributed by atoms with Gasteiger partial charge in [0, 0.05) is 5.70 Å². The second-order valence-corrected chi connectivity index (χ2v) is 2.60. The monoisotopic (exact) mass is 179 g/mol. The molecule has 0 bridgehead atoms. The van der Waals surface area contributed by atoms with Crippen molar-refractivity contribution in [2.75, 3.05) is 0 Å². The number of hydrogen-bond donors (Lipinski definition) is 2. The van der Waals surface area contributed by atoms with Gasteiger partial charge in [-0.15, -0.1) is 0 Å². The maximum absolute atomic E-state index is 9.49. The van der Waals surface area contributed by atoms with Crippen molar-refractivity contribution < 1.29 is 5.11 Å². The van der Waals surface area contributed by atoms with E-state index in [0.29, 0.717) is 5.70 Å². The molecule has 0 saturated heterocycles. The third-order valence-corrected chi connectivity index (χ3v) is 1.57. The van der Waals surface area contributed by atoms with Crippen LogP contribution in [0.5, 0.6) is 0 Å². The number of aliphatic hydroxyl groups is 1. The van der Waals surface area contributed by atoms with E-state index >= 15 is 0 Å². The summed E-state index contributed by atoms with van der Waals surface area (Å²) in [7, 11) is 0. The van der Waals surface area contributed by atoms with Gasteiger partial charge in [0.25, 0.3) is 0 Å². The third-order valence-electron chi connectivity index (χ3n) is 1.57. The molecule has 13 heavy (non-hydrogen) atoms. The zero-order valence-corrected chi connectivity index (χ0v) is 8.46. The van der Waals surface area contributed by atoms with Gasteiger partial charge in [0.05, 0.1) is 5.70 Å². The van der Waals surface area contributed by atoms with Crippen molar-refractivity contribution in [3.8, 4) is 0 Å². The Labute approximate surface area is 80.0 Å². The van der Waals surface area contributed by atoms with Crippen LogP contribution in [0.2, 0.25) is 0 Å². The summed E-state index contributed by atoms with van der Waals surface area (Å²) in [5.41, 5.74) is 1.60. The predicted octanol–water partition coefficient (Wildman–Crippen LogP) is 3.03. The van der Waals surface area contributed by atoms with Gasteiger partial charge < -0.3 is 10.4 Å². The van der Waals surface area contributed by atoms with Crippen LogP contribution in [-0.2, 0) is 0 Å². The van der Waals surface area contributed by atoms with E-state index in [9.17, 15) is 5.11 Å². The Balaban J connectivity index is 4.68. The maximum Gasteiger partial charge on any atom is 0.138 e. The highest BCUT2D eigenvalue weighted by atomic mass is 16.3. The first-order valence-electron chi connectivity index (χ1n) is 4.24. The molecule has 0 spiro atoms. The van der Waals surface area contributed by atoms with Gasteiger partial charge in [-0.1, -0.05) is 18.7 Å². The standard InChI is InChI=1S/C11H17NO/c1-5-8-11(13)10(7-3)12-9(4)6-2/h5-8,12-13H,3H2,1-2,4H3/b8-5-,9-6+,11-10-. The maximum atomic E-state index is 9.49. The van der Waals surface area contributed by atoms with Crippen molar-refractivity contribution in [1.29, 1.82) is 0 Å². The average molecular weight is 179 g/mol. The van der Waals surface area contributed by atoms with E-state index in [4.69, 9.17) is 0 Å². The summed E-state index contributed by atoms with van der Waals surface area (Å²) in [5, 5.41) is 12.5. The molecule has 0 aliphatic heterocycles. The molecule has 0 aliphatic carbocycles. The topological polar surface area (TPSA) is 32.3 Å². The summed E-state index contributed by atoms with van der Waals surface area (Å²) in [4.78, 5) is 0. The lowest BCUT2D eigenvalue weighted by Crippen LogP contribution is -2.10. The van der Waals surface area contributed by atoms with E-state index < -0.39 is 0 Å². The third kappa shape index (κ3) is 4.21. The van der Waals surface area contributed by atoms with Gasteiger partial charge >= 0.3 is 0 Å². The van der Waals surface area contributed by atoms with Crippen molar-refractivity contribution >= 4 is 0 Å². The Bertz CT molecular complexity index is 259. The summed E-state index contributed by atoms with van der Waals surface area (Å²) in [6.45, 7) is 9.31. The number of aliphatic hydroxyl groups excluding tert-OH is 1. The minimum atomic E-state index is 0.193. The average Bonchev–Trinajstić information content (AvgIpc) is 2.14.